The molecule has 43 heavy (non-hydrogen) atoms. The number of rotatable bonds is 6. The molecule has 0 unspecified atom stereocenters. The predicted octanol–water partition coefficient (Wildman–Crippen LogP) is 5.28. The van der Waals surface area contributed by atoms with E-state index in [1.165, 1.54) is 6.07 Å². The largest absolute Gasteiger partial charge is 0.398 e. The Hall–Kier alpha value is -2.95. The van der Waals surface area contributed by atoms with E-state index in [-0.39, 0.29) is 21.6 Å². The third-order valence-electron chi connectivity index (χ3n) is 9.26. The number of piperidine rings is 2. The number of hydrogen-bond acceptors (Lipinski definition) is 7. The summed E-state index contributed by atoms with van der Waals surface area (Å²) < 4.78 is 40.4. The SMILES string of the molecule is Cc1cccc(C(=O)N2CCC(N3CCC(C4(c5ccccc5S(=O)(=O)c5cccc(Cl)c5)OCCO4)CC3)CC2)c1N. The first kappa shape index (κ1) is 30.1. The third-order valence-corrected chi connectivity index (χ3v) is 11.3. The molecule has 2 N–H and O–H groups in total. The van der Waals surface area contributed by atoms with Gasteiger partial charge in [-0.25, -0.2) is 8.42 Å². The molecule has 0 radical (unpaired) electrons. The van der Waals surface area contributed by atoms with Gasteiger partial charge in [-0.3, -0.25) is 4.79 Å². The van der Waals surface area contributed by atoms with Crippen LogP contribution in [0.1, 0.15) is 47.2 Å². The lowest BCUT2D eigenvalue weighted by Gasteiger charge is -2.45. The Morgan fingerprint density at radius 2 is 1.58 bits per heavy atom. The number of anilines is 1. The summed E-state index contributed by atoms with van der Waals surface area (Å²) in [5.74, 6) is -1.13. The summed E-state index contributed by atoms with van der Waals surface area (Å²) in [6.07, 6.45) is 3.43. The van der Waals surface area contributed by atoms with Gasteiger partial charge in [-0.1, -0.05) is 48.0 Å². The number of para-hydroxylation sites is 1. The first-order valence-electron chi connectivity index (χ1n) is 15.0. The maximum Gasteiger partial charge on any atom is 0.255 e. The van der Waals surface area contributed by atoms with Gasteiger partial charge in [0, 0.05) is 41.3 Å². The zero-order valence-electron chi connectivity index (χ0n) is 24.4. The Balaban J connectivity index is 1.15. The van der Waals surface area contributed by atoms with E-state index >= 15 is 0 Å². The number of benzene rings is 3. The second-order valence-electron chi connectivity index (χ2n) is 11.7. The summed E-state index contributed by atoms with van der Waals surface area (Å²) in [5, 5.41) is 0.364. The summed E-state index contributed by atoms with van der Waals surface area (Å²) >= 11 is 6.15. The Labute approximate surface area is 258 Å². The van der Waals surface area contributed by atoms with Crippen molar-refractivity contribution in [3.63, 3.8) is 0 Å². The topological polar surface area (TPSA) is 102 Å². The minimum absolute atomic E-state index is 0.00206. The number of ether oxygens (including phenoxy) is 2. The van der Waals surface area contributed by atoms with Crippen molar-refractivity contribution in [1.82, 2.24) is 9.80 Å². The second-order valence-corrected chi connectivity index (χ2v) is 14.0. The monoisotopic (exact) mass is 623 g/mol. The van der Waals surface area contributed by atoms with Crippen molar-refractivity contribution in [2.75, 3.05) is 45.1 Å². The first-order valence-corrected chi connectivity index (χ1v) is 16.8. The zero-order valence-corrected chi connectivity index (χ0v) is 25.9. The highest BCUT2D eigenvalue weighted by Gasteiger charge is 2.50. The number of sulfone groups is 1. The van der Waals surface area contributed by atoms with Crippen molar-refractivity contribution in [3.8, 4) is 0 Å². The molecule has 0 atom stereocenters. The van der Waals surface area contributed by atoms with Gasteiger partial charge in [-0.05, 0) is 81.6 Å². The van der Waals surface area contributed by atoms with Crippen LogP contribution in [-0.2, 0) is 25.1 Å². The molecule has 0 bridgehead atoms. The van der Waals surface area contributed by atoms with Gasteiger partial charge in [0.2, 0.25) is 9.84 Å². The molecule has 0 aromatic heterocycles. The lowest BCUT2D eigenvalue weighted by Crippen LogP contribution is -2.51. The van der Waals surface area contributed by atoms with E-state index in [1.54, 1.807) is 30.3 Å². The van der Waals surface area contributed by atoms with Gasteiger partial charge in [0.25, 0.3) is 5.91 Å². The molecule has 3 aromatic rings. The van der Waals surface area contributed by atoms with Crippen molar-refractivity contribution in [2.24, 2.45) is 5.92 Å². The van der Waals surface area contributed by atoms with Crippen LogP contribution in [0.3, 0.4) is 0 Å². The summed E-state index contributed by atoms with van der Waals surface area (Å²) in [4.78, 5) is 17.9. The molecule has 0 saturated carbocycles. The van der Waals surface area contributed by atoms with Gasteiger partial charge in [0.05, 0.1) is 28.6 Å². The molecular weight excluding hydrogens is 586 g/mol. The van der Waals surface area contributed by atoms with E-state index in [4.69, 9.17) is 26.8 Å². The Bertz CT molecular complexity index is 1590. The quantitative estimate of drug-likeness (QED) is 0.373. The lowest BCUT2D eigenvalue weighted by atomic mass is 9.83. The van der Waals surface area contributed by atoms with E-state index in [0.717, 1.165) is 44.3 Å². The molecule has 3 aromatic carbocycles. The molecule has 228 valence electrons. The van der Waals surface area contributed by atoms with Crippen LogP contribution < -0.4 is 5.73 Å². The van der Waals surface area contributed by atoms with Crippen LogP contribution in [0.4, 0.5) is 5.69 Å². The first-order chi connectivity index (χ1) is 20.7. The van der Waals surface area contributed by atoms with Crippen LogP contribution in [0, 0.1) is 12.8 Å². The molecule has 0 aliphatic carbocycles. The fraction of sp³-hybridized carbons (Fsp3) is 0.424. The molecule has 6 rings (SSSR count). The number of halogens is 1. The number of carbonyl (C=O) groups is 1. The summed E-state index contributed by atoms with van der Waals surface area (Å²) in [5.41, 5.74) is 8.81. The number of amides is 1. The van der Waals surface area contributed by atoms with E-state index in [9.17, 15) is 13.2 Å². The van der Waals surface area contributed by atoms with Gasteiger partial charge >= 0.3 is 0 Å². The highest BCUT2D eigenvalue weighted by atomic mass is 35.5. The molecule has 8 nitrogen and oxygen atoms in total. The third kappa shape index (κ3) is 5.69. The van der Waals surface area contributed by atoms with Crippen molar-refractivity contribution < 1.29 is 22.7 Å². The van der Waals surface area contributed by atoms with E-state index in [2.05, 4.69) is 4.90 Å². The molecule has 0 spiro atoms. The van der Waals surface area contributed by atoms with Gasteiger partial charge in [-0.2, -0.15) is 0 Å². The number of aryl methyl sites for hydroxylation is 1. The molecule has 3 fully saturated rings. The van der Waals surface area contributed by atoms with Crippen LogP contribution >= 0.6 is 11.6 Å². The summed E-state index contributed by atoms with van der Waals surface area (Å²) in [6.45, 7) is 5.83. The predicted molar refractivity (Wildman–Crippen MR) is 166 cm³/mol. The standard InChI is InChI=1S/C33H38ClN3O5S/c1-23-6-4-9-28(31(23)35)32(38)37-18-14-26(15-19-37)36-16-12-24(13-17-36)33(41-20-21-42-33)29-10-2-3-11-30(29)43(39,40)27-8-5-7-25(34)22-27/h2-11,22,24,26H,12-21,35H2,1H3. The second kappa shape index (κ2) is 12.2. The number of nitrogens with two attached hydrogens (primary N) is 1. The van der Waals surface area contributed by atoms with E-state index in [0.29, 0.717) is 54.2 Å². The van der Waals surface area contributed by atoms with Crippen molar-refractivity contribution in [1.29, 1.82) is 0 Å². The Kier molecular flexibility index (Phi) is 8.54. The molecule has 3 heterocycles. The summed E-state index contributed by atoms with van der Waals surface area (Å²) in [7, 11) is -3.87. The maximum atomic E-state index is 13.8. The van der Waals surface area contributed by atoms with Crippen LogP contribution in [0.25, 0.3) is 0 Å². The highest BCUT2D eigenvalue weighted by Crippen LogP contribution is 2.46. The minimum atomic E-state index is -3.87. The fourth-order valence-electron chi connectivity index (χ4n) is 6.91. The fourth-order valence-corrected chi connectivity index (χ4v) is 8.71. The lowest BCUT2D eigenvalue weighted by molar-refractivity contribution is -0.217. The van der Waals surface area contributed by atoms with Crippen molar-refractivity contribution in [2.45, 2.75) is 54.2 Å². The number of hydrogen-bond donors (Lipinski definition) is 1. The average Bonchev–Trinajstić information content (AvgIpc) is 3.54. The zero-order chi connectivity index (χ0) is 30.2. The normalized spacial score (nSPS) is 20.4. The summed E-state index contributed by atoms with van der Waals surface area (Å²) in [6, 6.07) is 19.4. The van der Waals surface area contributed by atoms with Gasteiger partial charge in [0.1, 0.15) is 0 Å². The van der Waals surface area contributed by atoms with Gasteiger partial charge in [-0.15, -0.1) is 0 Å². The van der Waals surface area contributed by atoms with Crippen molar-refractivity contribution >= 4 is 33.0 Å². The molecule has 10 heteroatoms. The van der Waals surface area contributed by atoms with Crippen LogP contribution in [0.15, 0.2) is 76.5 Å². The van der Waals surface area contributed by atoms with Crippen molar-refractivity contribution in [3.05, 3.63) is 88.4 Å². The molecule has 3 saturated heterocycles. The van der Waals surface area contributed by atoms with Gasteiger partial charge < -0.3 is 25.0 Å². The molecular formula is C33H38ClN3O5S. The van der Waals surface area contributed by atoms with E-state index < -0.39 is 15.6 Å². The number of nitrogens with zero attached hydrogens (tertiary/aromatic N) is 2. The minimum Gasteiger partial charge on any atom is -0.398 e. The average molecular weight is 624 g/mol. The Morgan fingerprint density at radius 3 is 2.28 bits per heavy atom. The highest BCUT2D eigenvalue weighted by molar-refractivity contribution is 7.91. The van der Waals surface area contributed by atoms with Gasteiger partial charge in [0.15, 0.2) is 5.79 Å². The number of likely N-dealkylation sites (tertiary alicyclic amines) is 2. The maximum absolute atomic E-state index is 13.8. The van der Waals surface area contributed by atoms with E-state index in [1.807, 2.05) is 42.2 Å². The molecule has 1 amide bonds. The number of nitrogen functional groups attached to an aromatic ring is 1. The van der Waals surface area contributed by atoms with Crippen LogP contribution in [-0.4, -0.2) is 69.6 Å². The molecule has 3 aliphatic heterocycles. The van der Waals surface area contributed by atoms with Crippen LogP contribution in [0.5, 0.6) is 0 Å². The Morgan fingerprint density at radius 1 is 0.907 bits per heavy atom. The molecule has 3 aliphatic rings. The number of carbonyl (C=O) groups excluding carboxylic acids is 1. The smallest absolute Gasteiger partial charge is 0.255 e. The van der Waals surface area contributed by atoms with Crippen LogP contribution in [0.2, 0.25) is 5.02 Å².